The fraction of sp³-hybridized carbons (Fsp3) is 0.500. The Kier molecular flexibility index (Phi) is 5.18. The summed E-state index contributed by atoms with van der Waals surface area (Å²) in [4.78, 5) is 0.758. The molecule has 1 saturated carbocycles. The van der Waals surface area contributed by atoms with Crippen molar-refractivity contribution in [3.8, 4) is 23.1 Å². The second kappa shape index (κ2) is 7.73. The summed E-state index contributed by atoms with van der Waals surface area (Å²) in [6.45, 7) is 1.54. The van der Waals surface area contributed by atoms with Crippen molar-refractivity contribution in [3.05, 3.63) is 30.0 Å². The molecule has 1 aromatic heterocycles. The fourth-order valence-electron chi connectivity index (χ4n) is 3.13. The van der Waals surface area contributed by atoms with E-state index in [1.165, 1.54) is 19.3 Å². The zero-order valence-electron chi connectivity index (χ0n) is 15.0. The summed E-state index contributed by atoms with van der Waals surface area (Å²) in [7, 11) is -1.12. The number of hydrogen-bond acceptors (Lipinski definition) is 4. The molecule has 4 rings (SSSR count). The molecule has 0 bridgehead atoms. The maximum absolute atomic E-state index is 12.3. The van der Waals surface area contributed by atoms with Crippen LogP contribution in [-0.4, -0.2) is 38.2 Å². The van der Waals surface area contributed by atoms with Crippen LogP contribution in [0.4, 0.5) is 0 Å². The van der Waals surface area contributed by atoms with E-state index in [9.17, 15) is 4.21 Å². The Morgan fingerprint density at radius 2 is 2.19 bits per heavy atom. The zero-order valence-corrected chi connectivity index (χ0v) is 15.8. The number of hydrogen-bond donors (Lipinski definition) is 0. The Bertz CT molecular complexity index is 871. The van der Waals surface area contributed by atoms with Crippen LogP contribution in [-0.2, 0) is 22.1 Å². The largest absolute Gasteiger partial charge is 0.376 e. The van der Waals surface area contributed by atoms with Gasteiger partial charge in [0.2, 0.25) is 0 Å². The molecule has 1 aromatic carbocycles. The lowest BCUT2D eigenvalue weighted by molar-refractivity contribution is 0.00370. The minimum atomic E-state index is -1.12. The first-order valence-electron chi connectivity index (χ1n) is 9.20. The van der Waals surface area contributed by atoms with Crippen molar-refractivity contribution >= 4 is 10.8 Å². The smallest absolute Gasteiger partial charge is 0.114 e. The average Bonchev–Trinajstić information content (AvgIpc) is 3.38. The summed E-state index contributed by atoms with van der Waals surface area (Å²) >= 11 is 0. The molecule has 6 heteroatoms. The van der Waals surface area contributed by atoms with Crippen molar-refractivity contribution in [2.45, 2.75) is 49.6 Å². The topological polar surface area (TPSA) is 57.0 Å². The molecule has 2 fully saturated rings. The van der Waals surface area contributed by atoms with Crippen LogP contribution in [0, 0.1) is 17.8 Å². The zero-order chi connectivity index (χ0) is 17.9. The lowest BCUT2D eigenvalue weighted by Crippen LogP contribution is -2.24. The molecular formula is C20H23N3O2S. The van der Waals surface area contributed by atoms with Crippen LogP contribution in [0.1, 0.15) is 37.7 Å². The van der Waals surface area contributed by atoms with Gasteiger partial charge in [-0.1, -0.05) is 23.1 Å². The summed E-state index contributed by atoms with van der Waals surface area (Å²) in [5, 5.41) is 8.53. The molecule has 0 spiro atoms. The molecule has 0 amide bonds. The Morgan fingerprint density at radius 1 is 1.31 bits per heavy atom. The predicted molar refractivity (Wildman–Crippen MR) is 101 cm³/mol. The molecule has 0 N–H and O–H groups in total. The van der Waals surface area contributed by atoms with Gasteiger partial charge in [0.05, 0.1) is 29.6 Å². The highest BCUT2D eigenvalue weighted by Gasteiger charge is 2.19. The number of benzene rings is 1. The van der Waals surface area contributed by atoms with E-state index in [1.807, 2.05) is 29.1 Å². The van der Waals surface area contributed by atoms with Crippen molar-refractivity contribution in [1.29, 1.82) is 0 Å². The van der Waals surface area contributed by atoms with Crippen molar-refractivity contribution < 1.29 is 8.95 Å². The minimum Gasteiger partial charge on any atom is -0.376 e. The number of aromatic nitrogens is 3. The van der Waals surface area contributed by atoms with Gasteiger partial charge in [0.15, 0.2) is 0 Å². The van der Waals surface area contributed by atoms with Gasteiger partial charge in [-0.25, -0.2) is 4.68 Å². The van der Waals surface area contributed by atoms with Crippen LogP contribution in [0.3, 0.4) is 0 Å². The second-order valence-electron chi connectivity index (χ2n) is 7.02. The van der Waals surface area contributed by atoms with Gasteiger partial charge < -0.3 is 4.74 Å². The monoisotopic (exact) mass is 369 g/mol. The van der Waals surface area contributed by atoms with Gasteiger partial charge in [0.25, 0.3) is 0 Å². The first-order valence-corrected chi connectivity index (χ1v) is 10.8. The van der Waals surface area contributed by atoms with E-state index in [0.717, 1.165) is 41.2 Å². The first kappa shape index (κ1) is 17.4. The van der Waals surface area contributed by atoms with Gasteiger partial charge in [0.1, 0.15) is 5.69 Å². The summed E-state index contributed by atoms with van der Waals surface area (Å²) in [5.41, 5.74) is 2.51. The summed E-state index contributed by atoms with van der Waals surface area (Å²) in [6, 6.07) is 5.85. The van der Waals surface area contributed by atoms with Gasteiger partial charge in [-0.2, -0.15) is 0 Å². The Balaban J connectivity index is 1.56. The molecule has 136 valence electrons. The third-order valence-electron chi connectivity index (χ3n) is 4.77. The van der Waals surface area contributed by atoms with Crippen LogP contribution in [0.2, 0.25) is 0 Å². The highest BCUT2D eigenvalue weighted by atomic mass is 32.2. The normalized spacial score (nSPS) is 21.0. The van der Waals surface area contributed by atoms with Crippen LogP contribution in [0.25, 0.3) is 11.3 Å². The molecule has 26 heavy (non-hydrogen) atoms. The Hall–Kier alpha value is -1.97. The van der Waals surface area contributed by atoms with E-state index in [-0.39, 0.29) is 6.10 Å². The standard InChI is InChI=1S/C20H23N3O2S/c1-26(24)20-12-16(8-7-15-5-6-15)9-10-18(20)19-14-23(22-21-19)13-17-4-2-3-11-25-17/h9-10,12,14-15,17H,2-6,11,13H2,1H3. The Labute approximate surface area is 156 Å². The third kappa shape index (κ3) is 4.22. The maximum atomic E-state index is 12.3. The molecule has 1 saturated heterocycles. The van der Waals surface area contributed by atoms with Crippen molar-refractivity contribution in [3.63, 3.8) is 0 Å². The van der Waals surface area contributed by atoms with Crippen molar-refractivity contribution in [1.82, 2.24) is 15.0 Å². The number of nitrogens with zero attached hydrogens (tertiary/aromatic N) is 3. The summed E-state index contributed by atoms with van der Waals surface area (Å²) in [5.74, 6) is 7.00. The average molecular weight is 369 g/mol. The third-order valence-corrected chi connectivity index (χ3v) is 5.73. The lowest BCUT2D eigenvalue weighted by atomic mass is 10.1. The summed E-state index contributed by atoms with van der Waals surface area (Å²) in [6.07, 6.45) is 9.62. The summed E-state index contributed by atoms with van der Waals surface area (Å²) < 4.78 is 19.9. The van der Waals surface area contributed by atoms with Crippen LogP contribution in [0.15, 0.2) is 29.3 Å². The van der Waals surface area contributed by atoms with E-state index in [2.05, 4.69) is 22.2 Å². The maximum Gasteiger partial charge on any atom is 0.114 e. The van der Waals surface area contributed by atoms with Crippen LogP contribution in [0.5, 0.6) is 0 Å². The Morgan fingerprint density at radius 3 is 2.92 bits per heavy atom. The predicted octanol–water partition coefficient (Wildman–Crippen LogP) is 3.01. The van der Waals surface area contributed by atoms with E-state index < -0.39 is 10.8 Å². The highest BCUT2D eigenvalue weighted by molar-refractivity contribution is 7.84. The van der Waals surface area contributed by atoms with Gasteiger partial charge in [-0.3, -0.25) is 4.21 Å². The molecule has 2 heterocycles. The van der Waals surface area contributed by atoms with Gasteiger partial charge in [-0.15, -0.1) is 5.10 Å². The van der Waals surface area contributed by atoms with Crippen LogP contribution >= 0.6 is 0 Å². The van der Waals surface area contributed by atoms with Crippen molar-refractivity contribution in [2.24, 2.45) is 5.92 Å². The molecular weight excluding hydrogens is 346 g/mol. The van der Waals surface area contributed by atoms with E-state index >= 15 is 0 Å². The SMILES string of the molecule is CS(=O)c1cc(C#CC2CC2)ccc1-c1cn(CC2CCCCO2)nn1. The fourth-order valence-corrected chi connectivity index (χ4v) is 3.91. The number of ether oxygens (including phenoxy) is 1. The number of rotatable bonds is 4. The molecule has 2 atom stereocenters. The lowest BCUT2D eigenvalue weighted by Gasteiger charge is -2.21. The van der Waals surface area contributed by atoms with Gasteiger partial charge in [-0.05, 0) is 44.2 Å². The van der Waals surface area contributed by atoms with Gasteiger partial charge >= 0.3 is 0 Å². The van der Waals surface area contributed by atoms with Crippen LogP contribution < -0.4 is 0 Å². The molecule has 5 nitrogen and oxygen atoms in total. The van der Waals surface area contributed by atoms with E-state index in [1.54, 1.807) is 6.26 Å². The minimum absolute atomic E-state index is 0.207. The second-order valence-corrected chi connectivity index (χ2v) is 8.37. The van der Waals surface area contributed by atoms with Crippen molar-refractivity contribution in [2.75, 3.05) is 12.9 Å². The van der Waals surface area contributed by atoms with E-state index in [0.29, 0.717) is 12.5 Å². The quantitative estimate of drug-likeness (QED) is 0.778. The van der Waals surface area contributed by atoms with E-state index in [4.69, 9.17) is 4.74 Å². The molecule has 2 aliphatic rings. The first-order chi connectivity index (χ1) is 12.7. The molecule has 2 unspecified atom stereocenters. The van der Waals surface area contributed by atoms with Gasteiger partial charge in [0, 0.05) is 34.8 Å². The molecule has 1 aliphatic heterocycles. The molecule has 1 aliphatic carbocycles. The molecule has 0 radical (unpaired) electrons. The highest BCUT2D eigenvalue weighted by Crippen LogP contribution is 2.28. The molecule has 2 aromatic rings.